The molecule has 0 N–H and O–H groups in total. The van der Waals surface area contributed by atoms with Crippen molar-refractivity contribution in [1.82, 2.24) is 0 Å². The third-order valence-electron chi connectivity index (χ3n) is 7.11. The topological polar surface area (TPSA) is 9.23 Å². The van der Waals surface area contributed by atoms with Gasteiger partial charge in [-0.15, -0.1) is 0 Å². The van der Waals surface area contributed by atoms with E-state index >= 15 is 4.39 Å². The third kappa shape index (κ3) is 6.03. The predicted molar refractivity (Wildman–Crippen MR) is 142 cm³/mol. The van der Waals surface area contributed by atoms with E-state index in [9.17, 15) is 8.78 Å². The van der Waals surface area contributed by atoms with Crippen molar-refractivity contribution in [2.45, 2.75) is 65.2 Å². The molecule has 1 aliphatic carbocycles. The van der Waals surface area contributed by atoms with Crippen molar-refractivity contribution in [1.29, 1.82) is 0 Å². The number of rotatable bonds is 10. The van der Waals surface area contributed by atoms with E-state index in [2.05, 4.69) is 19.9 Å². The second-order valence-corrected chi connectivity index (χ2v) is 9.73. The van der Waals surface area contributed by atoms with E-state index in [0.29, 0.717) is 23.7 Å². The maximum Gasteiger partial charge on any atom is 0.201 e. The lowest BCUT2D eigenvalue weighted by Crippen LogP contribution is -2.05. The minimum atomic E-state index is -0.969. The minimum absolute atomic E-state index is 0.0616. The molecule has 4 rings (SSSR count). The molecule has 1 atom stereocenters. The molecule has 0 fully saturated rings. The molecule has 0 bridgehead atoms. The van der Waals surface area contributed by atoms with Gasteiger partial charge in [0.1, 0.15) is 5.82 Å². The van der Waals surface area contributed by atoms with E-state index in [-0.39, 0.29) is 17.1 Å². The van der Waals surface area contributed by atoms with Crippen molar-refractivity contribution in [2.24, 2.45) is 5.92 Å². The smallest absolute Gasteiger partial charge is 0.201 e. The van der Waals surface area contributed by atoms with Gasteiger partial charge < -0.3 is 4.74 Å². The zero-order valence-electron chi connectivity index (χ0n) is 21.3. The van der Waals surface area contributed by atoms with E-state index in [1.54, 1.807) is 24.3 Å². The predicted octanol–water partition coefficient (Wildman–Crippen LogP) is 9.99. The lowest BCUT2D eigenvalue weighted by atomic mass is 9.84. The molecule has 1 aliphatic rings. The highest BCUT2D eigenvalue weighted by Gasteiger charge is 2.18. The third-order valence-corrected chi connectivity index (χ3v) is 7.11. The summed E-state index contributed by atoms with van der Waals surface area (Å²) >= 11 is 0. The summed E-state index contributed by atoms with van der Waals surface area (Å²) in [4.78, 5) is 0. The highest BCUT2D eigenvalue weighted by atomic mass is 19.2. The van der Waals surface area contributed by atoms with E-state index in [4.69, 9.17) is 4.74 Å². The molecule has 36 heavy (non-hydrogen) atoms. The van der Waals surface area contributed by atoms with Crippen LogP contribution in [0.15, 0.2) is 60.7 Å². The maximum absolute atomic E-state index is 15.0. The molecule has 3 aromatic carbocycles. The first-order valence-corrected chi connectivity index (χ1v) is 13.2. The van der Waals surface area contributed by atoms with Crippen LogP contribution in [-0.2, 0) is 0 Å². The normalized spacial score (nSPS) is 15.6. The Hall–Kier alpha value is -3.01. The van der Waals surface area contributed by atoms with E-state index in [0.717, 1.165) is 55.2 Å². The average Bonchev–Trinajstić information content (AvgIpc) is 2.90. The molecular formula is C32H35F3O. The molecule has 0 spiro atoms. The van der Waals surface area contributed by atoms with Gasteiger partial charge in [0.2, 0.25) is 5.82 Å². The Kier molecular flexibility index (Phi) is 8.90. The van der Waals surface area contributed by atoms with Gasteiger partial charge in [0, 0.05) is 11.1 Å². The number of ether oxygens (including phenoxy) is 1. The summed E-state index contributed by atoms with van der Waals surface area (Å²) in [6, 6.07) is 15.5. The molecule has 0 radical (unpaired) electrons. The Morgan fingerprint density at radius 3 is 2.17 bits per heavy atom. The van der Waals surface area contributed by atoms with Crippen molar-refractivity contribution in [3.8, 4) is 28.0 Å². The summed E-state index contributed by atoms with van der Waals surface area (Å²) in [7, 11) is 0. The van der Waals surface area contributed by atoms with Gasteiger partial charge in [0.05, 0.1) is 6.61 Å². The second kappa shape index (κ2) is 12.3. The van der Waals surface area contributed by atoms with Crippen LogP contribution in [0.2, 0.25) is 0 Å². The Morgan fingerprint density at radius 2 is 1.50 bits per heavy atom. The van der Waals surface area contributed by atoms with Gasteiger partial charge in [0.25, 0.3) is 0 Å². The molecule has 0 saturated carbocycles. The van der Waals surface area contributed by atoms with Gasteiger partial charge in [-0.05, 0) is 72.1 Å². The quantitative estimate of drug-likeness (QED) is 0.256. The summed E-state index contributed by atoms with van der Waals surface area (Å²) < 4.78 is 49.8. The maximum atomic E-state index is 15.0. The molecule has 190 valence electrons. The van der Waals surface area contributed by atoms with Gasteiger partial charge >= 0.3 is 0 Å². The van der Waals surface area contributed by atoms with Crippen molar-refractivity contribution >= 4 is 5.57 Å². The number of halogens is 3. The largest absolute Gasteiger partial charge is 0.490 e. The Labute approximate surface area is 213 Å². The summed E-state index contributed by atoms with van der Waals surface area (Å²) in [6.07, 6.45) is 10.5. The number of allylic oxidation sites excluding steroid dienone is 2. The lowest BCUT2D eigenvalue weighted by Gasteiger charge is -2.22. The standard InChI is InChI=1S/C32H35F3O/c1-3-5-6-20-36-30-19-18-28(31(34)32(30)35)25-14-12-23(13-15-25)26-16-17-27(29(33)21-26)24-10-8-22(7-4-2)9-11-24/h10,12-19,21-22H,3-9,11,20H2,1-2H3. The van der Waals surface area contributed by atoms with Crippen LogP contribution >= 0.6 is 0 Å². The van der Waals surface area contributed by atoms with Crippen LogP contribution in [0.4, 0.5) is 13.2 Å². The molecule has 3 aromatic rings. The first-order valence-electron chi connectivity index (χ1n) is 13.2. The fourth-order valence-corrected chi connectivity index (χ4v) is 5.00. The highest BCUT2D eigenvalue weighted by Crippen LogP contribution is 2.35. The highest BCUT2D eigenvalue weighted by molar-refractivity contribution is 5.74. The van der Waals surface area contributed by atoms with Gasteiger partial charge in [-0.2, -0.15) is 4.39 Å². The van der Waals surface area contributed by atoms with Crippen molar-refractivity contribution < 1.29 is 17.9 Å². The minimum Gasteiger partial charge on any atom is -0.490 e. The average molecular weight is 493 g/mol. The number of unbranched alkanes of at least 4 members (excludes halogenated alkanes) is 2. The first kappa shape index (κ1) is 26.1. The Morgan fingerprint density at radius 1 is 0.778 bits per heavy atom. The van der Waals surface area contributed by atoms with Gasteiger partial charge in [-0.1, -0.05) is 82.0 Å². The summed E-state index contributed by atoms with van der Waals surface area (Å²) in [5.41, 5.74) is 4.08. The Balaban J connectivity index is 1.48. The molecule has 1 nitrogen and oxygen atoms in total. The number of benzene rings is 3. The lowest BCUT2D eigenvalue weighted by molar-refractivity contribution is 0.286. The van der Waals surface area contributed by atoms with E-state index < -0.39 is 11.6 Å². The molecule has 1 unspecified atom stereocenters. The molecule has 0 aliphatic heterocycles. The van der Waals surface area contributed by atoms with Crippen molar-refractivity contribution in [2.75, 3.05) is 6.61 Å². The van der Waals surface area contributed by atoms with Crippen LogP contribution in [0.3, 0.4) is 0 Å². The molecule has 0 heterocycles. The molecular weight excluding hydrogens is 457 g/mol. The fraction of sp³-hybridized carbons (Fsp3) is 0.375. The van der Waals surface area contributed by atoms with Crippen molar-refractivity contribution in [3.05, 3.63) is 83.7 Å². The molecule has 0 aromatic heterocycles. The van der Waals surface area contributed by atoms with Crippen LogP contribution in [-0.4, -0.2) is 6.61 Å². The van der Waals surface area contributed by atoms with E-state index in [1.165, 1.54) is 18.9 Å². The first-order chi connectivity index (χ1) is 17.5. The summed E-state index contributed by atoms with van der Waals surface area (Å²) in [5, 5.41) is 0. The summed E-state index contributed by atoms with van der Waals surface area (Å²) in [5.74, 6) is -1.46. The Bertz CT molecular complexity index is 1200. The molecule has 0 saturated heterocycles. The zero-order valence-corrected chi connectivity index (χ0v) is 21.3. The molecule has 4 heteroatoms. The number of hydrogen-bond acceptors (Lipinski definition) is 1. The second-order valence-electron chi connectivity index (χ2n) is 9.73. The van der Waals surface area contributed by atoms with Crippen LogP contribution in [0.25, 0.3) is 27.8 Å². The molecule has 0 amide bonds. The van der Waals surface area contributed by atoms with Gasteiger partial charge in [0.15, 0.2) is 11.6 Å². The zero-order chi connectivity index (χ0) is 25.5. The van der Waals surface area contributed by atoms with Crippen LogP contribution in [0.1, 0.15) is 70.8 Å². The monoisotopic (exact) mass is 492 g/mol. The summed E-state index contributed by atoms with van der Waals surface area (Å²) in [6.45, 7) is 4.65. The van der Waals surface area contributed by atoms with Crippen LogP contribution in [0.5, 0.6) is 5.75 Å². The SMILES string of the molecule is CCCCCOc1ccc(-c2ccc(-c3ccc(C4=CCC(CCC)CC4)c(F)c3)cc2)c(F)c1F. The van der Waals surface area contributed by atoms with Crippen molar-refractivity contribution in [3.63, 3.8) is 0 Å². The van der Waals surface area contributed by atoms with Crippen LogP contribution < -0.4 is 4.74 Å². The van der Waals surface area contributed by atoms with E-state index in [1.807, 2.05) is 24.3 Å². The van der Waals surface area contributed by atoms with Crippen LogP contribution in [0, 0.1) is 23.4 Å². The fourth-order valence-electron chi connectivity index (χ4n) is 5.00. The number of hydrogen-bond donors (Lipinski definition) is 0. The van der Waals surface area contributed by atoms with Gasteiger partial charge in [-0.3, -0.25) is 0 Å². The van der Waals surface area contributed by atoms with Gasteiger partial charge in [-0.25, -0.2) is 8.78 Å².